The van der Waals surface area contributed by atoms with E-state index in [2.05, 4.69) is 10.5 Å². The van der Waals surface area contributed by atoms with Crippen molar-refractivity contribution in [3.05, 3.63) is 17.5 Å². The van der Waals surface area contributed by atoms with E-state index in [1.165, 1.54) is 0 Å². The van der Waals surface area contributed by atoms with Gasteiger partial charge >= 0.3 is 0 Å². The summed E-state index contributed by atoms with van der Waals surface area (Å²) in [4.78, 5) is 25.6. The van der Waals surface area contributed by atoms with Gasteiger partial charge in [0.1, 0.15) is 6.61 Å². The van der Waals surface area contributed by atoms with Gasteiger partial charge in [0.05, 0.1) is 0 Å². The number of carbonyl (C=O) groups excluding carboxylic acids is 2. The van der Waals surface area contributed by atoms with Gasteiger partial charge in [-0.25, -0.2) is 0 Å². The summed E-state index contributed by atoms with van der Waals surface area (Å²) in [5.74, 6) is 0.889. The molecule has 0 radical (unpaired) electrons. The average molecular weight is 293 g/mol. The Morgan fingerprint density at radius 3 is 3.24 bits per heavy atom. The summed E-state index contributed by atoms with van der Waals surface area (Å²) in [5.41, 5.74) is 0.320. The van der Waals surface area contributed by atoms with Crippen LogP contribution in [-0.2, 0) is 16.1 Å². The van der Waals surface area contributed by atoms with Crippen molar-refractivity contribution in [2.75, 3.05) is 20.2 Å². The van der Waals surface area contributed by atoms with E-state index in [1.54, 1.807) is 18.1 Å². The third-order valence-corrected chi connectivity index (χ3v) is 4.17. The van der Waals surface area contributed by atoms with E-state index in [1.807, 2.05) is 0 Å². The number of nitrogens with zero attached hydrogens (tertiary/aromatic N) is 2. The molecule has 0 aromatic carbocycles. The maximum atomic E-state index is 12.4. The van der Waals surface area contributed by atoms with E-state index >= 15 is 0 Å². The average Bonchev–Trinajstić information content (AvgIpc) is 2.95. The molecule has 7 heteroatoms. The van der Waals surface area contributed by atoms with Crippen LogP contribution in [0, 0.1) is 5.92 Å². The molecule has 2 saturated heterocycles. The summed E-state index contributed by atoms with van der Waals surface area (Å²) in [7, 11) is 1.56. The Balaban J connectivity index is 1.64. The molecule has 0 spiro atoms. The number of nitrogens with one attached hydrogen (secondary N) is 1. The second-order valence-corrected chi connectivity index (χ2v) is 5.62. The van der Waals surface area contributed by atoms with Gasteiger partial charge in [0.25, 0.3) is 5.91 Å². The van der Waals surface area contributed by atoms with Crippen molar-refractivity contribution in [3.63, 3.8) is 0 Å². The zero-order valence-electron chi connectivity index (χ0n) is 12.0. The van der Waals surface area contributed by atoms with Crippen LogP contribution in [0.2, 0.25) is 0 Å². The van der Waals surface area contributed by atoms with E-state index in [0.29, 0.717) is 43.5 Å². The number of carbonyl (C=O) groups is 2. The number of aromatic nitrogens is 1. The Kier molecular flexibility index (Phi) is 3.92. The summed E-state index contributed by atoms with van der Waals surface area (Å²) < 4.78 is 10.0. The topological polar surface area (TPSA) is 84.7 Å². The molecule has 2 aliphatic rings. The van der Waals surface area contributed by atoms with Crippen LogP contribution < -0.4 is 5.32 Å². The summed E-state index contributed by atoms with van der Waals surface area (Å²) in [5, 5.41) is 6.82. The lowest BCUT2D eigenvalue weighted by molar-refractivity contribution is -0.125. The second kappa shape index (κ2) is 5.85. The molecule has 2 unspecified atom stereocenters. The van der Waals surface area contributed by atoms with Gasteiger partial charge in [0, 0.05) is 38.7 Å². The van der Waals surface area contributed by atoms with Crippen molar-refractivity contribution >= 4 is 11.8 Å². The number of rotatable bonds is 3. The zero-order valence-corrected chi connectivity index (χ0v) is 12.0. The van der Waals surface area contributed by atoms with E-state index in [-0.39, 0.29) is 17.9 Å². The first-order chi connectivity index (χ1) is 10.2. The van der Waals surface area contributed by atoms with Crippen LogP contribution in [0.25, 0.3) is 0 Å². The summed E-state index contributed by atoms with van der Waals surface area (Å²) in [6, 6.07) is 1.83. The van der Waals surface area contributed by atoms with Crippen LogP contribution in [0.5, 0.6) is 0 Å². The Morgan fingerprint density at radius 1 is 1.57 bits per heavy atom. The number of hydrogen-bond acceptors (Lipinski definition) is 5. The van der Waals surface area contributed by atoms with Gasteiger partial charge < -0.3 is 19.5 Å². The molecule has 0 aliphatic carbocycles. The molecule has 1 aromatic heterocycles. The van der Waals surface area contributed by atoms with Crippen LogP contribution in [0.15, 0.2) is 10.6 Å². The second-order valence-electron chi connectivity index (χ2n) is 5.62. The monoisotopic (exact) mass is 293 g/mol. The predicted molar refractivity (Wildman–Crippen MR) is 72.4 cm³/mol. The summed E-state index contributed by atoms with van der Waals surface area (Å²) in [6.07, 6.45) is 2.18. The molecule has 7 nitrogen and oxygen atoms in total. The van der Waals surface area contributed by atoms with Crippen LogP contribution in [0.1, 0.15) is 35.5 Å². The molecule has 2 fully saturated rings. The minimum Gasteiger partial charge on any atom is -0.377 e. The van der Waals surface area contributed by atoms with Crippen molar-refractivity contribution in [2.45, 2.75) is 31.9 Å². The molecule has 3 heterocycles. The van der Waals surface area contributed by atoms with Gasteiger partial charge in [0.15, 0.2) is 11.5 Å². The standard InChI is InChI=1S/C14H19N3O4/c1-20-8-10-6-12(16-21-10)14(19)17-5-4-11-9(7-17)2-3-13(18)15-11/h6,9,11H,2-5,7-8H2,1H3,(H,15,18). The highest BCUT2D eigenvalue weighted by molar-refractivity contribution is 5.92. The molecule has 114 valence electrons. The van der Waals surface area contributed by atoms with Crippen LogP contribution in [0.4, 0.5) is 0 Å². The normalized spacial score (nSPS) is 25.4. The summed E-state index contributed by atoms with van der Waals surface area (Å²) in [6.45, 7) is 1.60. The molecule has 2 amide bonds. The first-order valence-corrected chi connectivity index (χ1v) is 7.20. The Morgan fingerprint density at radius 2 is 2.43 bits per heavy atom. The molecule has 0 saturated carbocycles. The number of amides is 2. The maximum absolute atomic E-state index is 12.4. The number of piperidine rings is 2. The van der Waals surface area contributed by atoms with Gasteiger partial charge in [-0.15, -0.1) is 0 Å². The number of hydrogen-bond donors (Lipinski definition) is 1. The van der Waals surface area contributed by atoms with Crippen LogP contribution in [0.3, 0.4) is 0 Å². The Hall–Kier alpha value is -1.89. The largest absolute Gasteiger partial charge is 0.377 e. The minimum absolute atomic E-state index is 0.114. The molecule has 2 aliphatic heterocycles. The van der Waals surface area contributed by atoms with Crippen LogP contribution in [-0.4, -0.2) is 48.1 Å². The van der Waals surface area contributed by atoms with Gasteiger partial charge in [-0.1, -0.05) is 5.16 Å². The van der Waals surface area contributed by atoms with E-state index in [0.717, 1.165) is 12.8 Å². The van der Waals surface area contributed by atoms with Crippen molar-refractivity contribution < 1.29 is 18.8 Å². The van der Waals surface area contributed by atoms with Crippen molar-refractivity contribution in [3.8, 4) is 0 Å². The first kappa shape index (κ1) is 14.1. The fourth-order valence-corrected chi connectivity index (χ4v) is 3.08. The van der Waals surface area contributed by atoms with Crippen molar-refractivity contribution in [1.82, 2.24) is 15.4 Å². The Bertz CT molecular complexity index is 542. The third kappa shape index (κ3) is 2.92. The van der Waals surface area contributed by atoms with Gasteiger partial charge in [-0.3, -0.25) is 9.59 Å². The lowest BCUT2D eigenvalue weighted by Crippen LogP contribution is -2.55. The lowest BCUT2D eigenvalue weighted by Gasteiger charge is -2.41. The van der Waals surface area contributed by atoms with E-state index in [4.69, 9.17) is 9.26 Å². The fourth-order valence-electron chi connectivity index (χ4n) is 3.08. The molecule has 3 rings (SSSR count). The third-order valence-electron chi connectivity index (χ3n) is 4.17. The highest BCUT2D eigenvalue weighted by Crippen LogP contribution is 2.26. The Labute approximate surface area is 122 Å². The number of ether oxygens (including phenoxy) is 1. The highest BCUT2D eigenvalue weighted by Gasteiger charge is 2.36. The highest BCUT2D eigenvalue weighted by atomic mass is 16.5. The van der Waals surface area contributed by atoms with E-state index < -0.39 is 0 Å². The molecule has 2 atom stereocenters. The molecule has 21 heavy (non-hydrogen) atoms. The summed E-state index contributed by atoms with van der Waals surface area (Å²) >= 11 is 0. The molecular formula is C14H19N3O4. The van der Waals surface area contributed by atoms with E-state index in [9.17, 15) is 9.59 Å². The van der Waals surface area contributed by atoms with Gasteiger partial charge in [-0.05, 0) is 18.8 Å². The smallest absolute Gasteiger partial charge is 0.276 e. The van der Waals surface area contributed by atoms with Crippen molar-refractivity contribution in [1.29, 1.82) is 0 Å². The van der Waals surface area contributed by atoms with Crippen LogP contribution >= 0.6 is 0 Å². The fraction of sp³-hybridized carbons (Fsp3) is 0.643. The molecule has 1 aromatic rings. The van der Waals surface area contributed by atoms with Gasteiger partial charge in [-0.2, -0.15) is 0 Å². The molecule has 1 N–H and O–H groups in total. The first-order valence-electron chi connectivity index (χ1n) is 7.20. The lowest BCUT2D eigenvalue weighted by atomic mass is 9.85. The number of fused-ring (bicyclic) bond motifs is 1. The van der Waals surface area contributed by atoms with Gasteiger partial charge in [0.2, 0.25) is 5.91 Å². The quantitative estimate of drug-likeness (QED) is 0.880. The molecular weight excluding hydrogens is 274 g/mol. The predicted octanol–water partition coefficient (Wildman–Crippen LogP) is 0.562. The van der Waals surface area contributed by atoms with Crippen molar-refractivity contribution in [2.24, 2.45) is 5.92 Å². The minimum atomic E-state index is -0.114. The SMILES string of the molecule is COCc1cc(C(=O)N2CCC3NC(=O)CCC3C2)no1. The maximum Gasteiger partial charge on any atom is 0.276 e. The number of methoxy groups -OCH3 is 1. The number of likely N-dealkylation sites (tertiary alicyclic amines) is 1. The zero-order chi connectivity index (χ0) is 14.8. The molecule has 0 bridgehead atoms.